The highest BCUT2D eigenvalue weighted by atomic mass is 16.3. The van der Waals surface area contributed by atoms with Crippen LogP contribution in [0.1, 0.15) is 13.8 Å². The normalized spacial score (nSPS) is 29.5. The van der Waals surface area contributed by atoms with Crippen LogP contribution in [0.5, 0.6) is 0 Å². The summed E-state index contributed by atoms with van der Waals surface area (Å²) in [7, 11) is 0. The summed E-state index contributed by atoms with van der Waals surface area (Å²) in [6, 6.07) is 0. The Morgan fingerprint density at radius 2 is 2.08 bits per heavy atom. The number of likely N-dealkylation sites (tertiary alicyclic amines) is 1. The first-order valence-corrected chi connectivity index (χ1v) is 4.54. The maximum absolute atomic E-state index is 9.10. The third kappa shape index (κ3) is 1.97. The molecule has 1 atom stereocenters. The van der Waals surface area contributed by atoms with E-state index in [2.05, 4.69) is 18.7 Å². The maximum atomic E-state index is 9.10. The van der Waals surface area contributed by atoms with Crippen molar-refractivity contribution in [1.82, 2.24) is 4.90 Å². The molecule has 1 aliphatic rings. The molecule has 0 spiro atoms. The summed E-state index contributed by atoms with van der Waals surface area (Å²) in [6.07, 6.45) is 0. The average molecular weight is 173 g/mol. The second-order valence-corrected chi connectivity index (χ2v) is 4.33. The molecule has 1 aliphatic heterocycles. The van der Waals surface area contributed by atoms with Crippen molar-refractivity contribution in [3.63, 3.8) is 0 Å². The lowest BCUT2D eigenvalue weighted by molar-refractivity contribution is 0.161. The molecule has 0 unspecified atom stereocenters. The third-order valence-electron chi connectivity index (χ3n) is 2.85. The SMILES string of the molecule is CC1(C)CN(CCO)C[C@@H]1CO. The van der Waals surface area contributed by atoms with E-state index in [1.54, 1.807) is 0 Å². The van der Waals surface area contributed by atoms with E-state index in [1.807, 2.05) is 0 Å². The van der Waals surface area contributed by atoms with Gasteiger partial charge in [-0.3, -0.25) is 0 Å². The molecule has 0 amide bonds. The zero-order valence-electron chi connectivity index (χ0n) is 7.95. The molecule has 0 aromatic rings. The van der Waals surface area contributed by atoms with E-state index in [9.17, 15) is 0 Å². The van der Waals surface area contributed by atoms with Gasteiger partial charge in [0.15, 0.2) is 0 Å². The van der Waals surface area contributed by atoms with Crippen LogP contribution in [-0.2, 0) is 0 Å². The molecule has 1 rings (SSSR count). The minimum absolute atomic E-state index is 0.198. The molecule has 0 radical (unpaired) electrons. The van der Waals surface area contributed by atoms with E-state index >= 15 is 0 Å². The van der Waals surface area contributed by atoms with E-state index in [-0.39, 0.29) is 18.6 Å². The van der Waals surface area contributed by atoms with Crippen LogP contribution in [-0.4, -0.2) is 48.0 Å². The summed E-state index contributed by atoms with van der Waals surface area (Å²) in [5.41, 5.74) is 0.198. The zero-order valence-corrected chi connectivity index (χ0v) is 7.95. The number of aliphatic hydroxyl groups is 2. The van der Waals surface area contributed by atoms with Crippen LogP contribution in [0.4, 0.5) is 0 Å². The molecule has 2 N–H and O–H groups in total. The highest BCUT2D eigenvalue weighted by molar-refractivity contribution is 4.89. The van der Waals surface area contributed by atoms with Crippen molar-refractivity contribution >= 4 is 0 Å². The van der Waals surface area contributed by atoms with E-state index < -0.39 is 0 Å². The Labute approximate surface area is 74.0 Å². The zero-order chi connectivity index (χ0) is 9.19. The van der Waals surface area contributed by atoms with Crippen molar-refractivity contribution in [2.24, 2.45) is 11.3 Å². The number of nitrogens with zero attached hydrogens (tertiary/aromatic N) is 1. The van der Waals surface area contributed by atoms with E-state index in [0.717, 1.165) is 19.6 Å². The molecule has 0 saturated carbocycles. The molecule has 0 bridgehead atoms. The van der Waals surface area contributed by atoms with Gasteiger partial charge in [-0.2, -0.15) is 0 Å². The monoisotopic (exact) mass is 173 g/mol. The molecule has 3 heteroatoms. The Hall–Kier alpha value is -0.120. The Morgan fingerprint density at radius 1 is 1.42 bits per heavy atom. The number of β-amino-alcohol motifs (C(OH)–C–C–N with tert-alkyl or cyclic N) is 1. The maximum Gasteiger partial charge on any atom is 0.0558 e. The molecule has 1 fully saturated rings. The van der Waals surface area contributed by atoms with Gasteiger partial charge in [0.2, 0.25) is 0 Å². The molecule has 0 aromatic heterocycles. The highest BCUT2D eigenvalue weighted by Gasteiger charge is 2.38. The number of aliphatic hydroxyl groups excluding tert-OH is 2. The summed E-state index contributed by atoms with van der Waals surface area (Å²) < 4.78 is 0. The van der Waals surface area contributed by atoms with Gasteiger partial charge in [0.25, 0.3) is 0 Å². The van der Waals surface area contributed by atoms with Gasteiger partial charge >= 0.3 is 0 Å². The molecular formula is C9H19NO2. The van der Waals surface area contributed by atoms with Crippen LogP contribution in [0, 0.1) is 11.3 Å². The van der Waals surface area contributed by atoms with E-state index in [0.29, 0.717) is 5.92 Å². The van der Waals surface area contributed by atoms with E-state index in [1.165, 1.54) is 0 Å². The van der Waals surface area contributed by atoms with Gasteiger partial charge in [-0.1, -0.05) is 13.8 Å². The Morgan fingerprint density at radius 3 is 2.50 bits per heavy atom. The smallest absolute Gasteiger partial charge is 0.0558 e. The molecule has 1 saturated heterocycles. The lowest BCUT2D eigenvalue weighted by Gasteiger charge is -2.23. The number of rotatable bonds is 3. The molecule has 12 heavy (non-hydrogen) atoms. The highest BCUT2D eigenvalue weighted by Crippen LogP contribution is 2.34. The van der Waals surface area contributed by atoms with Gasteiger partial charge in [0, 0.05) is 32.2 Å². The van der Waals surface area contributed by atoms with Crippen LogP contribution >= 0.6 is 0 Å². The predicted molar refractivity (Wildman–Crippen MR) is 47.9 cm³/mol. The fourth-order valence-electron chi connectivity index (χ4n) is 1.95. The van der Waals surface area contributed by atoms with Gasteiger partial charge in [0.05, 0.1) is 6.61 Å². The van der Waals surface area contributed by atoms with Crippen LogP contribution < -0.4 is 0 Å². The number of hydrogen-bond donors (Lipinski definition) is 2. The molecular weight excluding hydrogens is 154 g/mol. The molecule has 72 valence electrons. The number of hydrogen-bond acceptors (Lipinski definition) is 3. The van der Waals surface area contributed by atoms with Gasteiger partial charge in [-0.05, 0) is 5.41 Å². The summed E-state index contributed by atoms with van der Waals surface area (Å²) in [5.74, 6) is 0.365. The van der Waals surface area contributed by atoms with Crippen LogP contribution in [0.15, 0.2) is 0 Å². The Balaban J connectivity index is 2.48. The van der Waals surface area contributed by atoms with Crippen molar-refractivity contribution in [3.8, 4) is 0 Å². The standard InChI is InChI=1S/C9H19NO2/c1-9(2)7-10(3-4-11)5-8(9)6-12/h8,11-12H,3-7H2,1-2H3/t8-/m1/s1. The summed E-state index contributed by atoms with van der Waals surface area (Å²) >= 11 is 0. The van der Waals surface area contributed by atoms with Crippen molar-refractivity contribution in [2.75, 3.05) is 32.8 Å². The largest absolute Gasteiger partial charge is 0.396 e. The first kappa shape index (κ1) is 9.96. The van der Waals surface area contributed by atoms with Crippen LogP contribution in [0.25, 0.3) is 0 Å². The van der Waals surface area contributed by atoms with Gasteiger partial charge < -0.3 is 15.1 Å². The molecule has 1 heterocycles. The van der Waals surface area contributed by atoms with Crippen LogP contribution in [0.3, 0.4) is 0 Å². The average Bonchev–Trinajstić information content (AvgIpc) is 2.25. The fourth-order valence-corrected chi connectivity index (χ4v) is 1.95. The Bertz CT molecular complexity index is 147. The van der Waals surface area contributed by atoms with E-state index in [4.69, 9.17) is 10.2 Å². The lowest BCUT2D eigenvalue weighted by atomic mass is 9.83. The minimum atomic E-state index is 0.198. The second kappa shape index (κ2) is 3.73. The summed E-state index contributed by atoms with van der Waals surface area (Å²) in [4.78, 5) is 2.21. The third-order valence-corrected chi connectivity index (χ3v) is 2.85. The van der Waals surface area contributed by atoms with Gasteiger partial charge in [-0.25, -0.2) is 0 Å². The molecule has 0 aliphatic carbocycles. The van der Waals surface area contributed by atoms with Crippen LogP contribution in [0.2, 0.25) is 0 Å². The van der Waals surface area contributed by atoms with Crippen molar-refractivity contribution < 1.29 is 10.2 Å². The van der Waals surface area contributed by atoms with Gasteiger partial charge in [0.1, 0.15) is 0 Å². The predicted octanol–water partition coefficient (Wildman–Crippen LogP) is -0.0710. The molecule has 0 aromatic carbocycles. The second-order valence-electron chi connectivity index (χ2n) is 4.33. The topological polar surface area (TPSA) is 43.7 Å². The van der Waals surface area contributed by atoms with Crippen molar-refractivity contribution in [2.45, 2.75) is 13.8 Å². The quantitative estimate of drug-likeness (QED) is 0.628. The lowest BCUT2D eigenvalue weighted by Crippen LogP contribution is -2.26. The van der Waals surface area contributed by atoms with Crippen molar-refractivity contribution in [3.05, 3.63) is 0 Å². The van der Waals surface area contributed by atoms with Crippen molar-refractivity contribution in [1.29, 1.82) is 0 Å². The minimum Gasteiger partial charge on any atom is -0.396 e. The summed E-state index contributed by atoms with van der Waals surface area (Å²) in [5, 5.41) is 17.9. The first-order valence-electron chi connectivity index (χ1n) is 4.54. The fraction of sp³-hybridized carbons (Fsp3) is 1.00. The first-order chi connectivity index (χ1) is 5.60. The summed E-state index contributed by atoms with van der Waals surface area (Å²) in [6.45, 7) is 7.46. The molecule has 3 nitrogen and oxygen atoms in total. The van der Waals surface area contributed by atoms with Gasteiger partial charge in [-0.15, -0.1) is 0 Å². The Kier molecular flexibility index (Phi) is 3.09.